The highest BCUT2D eigenvalue weighted by Gasteiger charge is 2.47. The first-order chi connectivity index (χ1) is 17.4. The van der Waals surface area contributed by atoms with Crippen molar-refractivity contribution in [1.29, 1.82) is 0 Å². The molecule has 0 fully saturated rings. The topological polar surface area (TPSA) is 17.8 Å². The summed E-state index contributed by atoms with van der Waals surface area (Å²) in [6, 6.07) is 29.8. The Labute approximate surface area is 210 Å². The van der Waals surface area contributed by atoms with Crippen LogP contribution in [-0.4, -0.2) is 23.0 Å². The van der Waals surface area contributed by atoms with Gasteiger partial charge in [0.05, 0.1) is 5.03 Å². The molecular formula is C29H14B2N2S2. The minimum Gasteiger partial charge on any atom is -0.311 e. The average Bonchev–Trinajstić information content (AvgIpc) is 3.25. The second-order valence-corrected chi connectivity index (χ2v) is 12.0. The molecule has 0 amide bonds. The quantitative estimate of drug-likeness (QED) is 0.314. The van der Waals surface area contributed by atoms with Crippen molar-refractivity contribution < 1.29 is 0 Å². The van der Waals surface area contributed by atoms with E-state index in [4.69, 9.17) is 4.98 Å². The van der Waals surface area contributed by atoms with Crippen LogP contribution in [0.15, 0.2) is 105 Å². The van der Waals surface area contributed by atoms with E-state index >= 15 is 0 Å². The zero-order valence-electron chi connectivity index (χ0n) is 18.4. The molecule has 6 heterocycles. The van der Waals surface area contributed by atoms with Crippen LogP contribution in [0.3, 0.4) is 0 Å². The molecule has 6 heteroatoms. The van der Waals surface area contributed by atoms with Crippen LogP contribution in [0.1, 0.15) is 0 Å². The summed E-state index contributed by atoms with van der Waals surface area (Å²) in [5.74, 6) is 0. The predicted octanol–water partition coefficient (Wildman–Crippen LogP) is 2.77. The van der Waals surface area contributed by atoms with Crippen LogP contribution in [0.5, 0.6) is 0 Å². The zero-order valence-corrected chi connectivity index (χ0v) is 20.1. The number of hydrogen-bond acceptors (Lipinski definition) is 3. The molecule has 0 aliphatic carbocycles. The second-order valence-electron chi connectivity index (χ2n) is 9.88. The van der Waals surface area contributed by atoms with Gasteiger partial charge in [-0.3, -0.25) is 4.98 Å². The largest absolute Gasteiger partial charge is 0.311 e. The minimum atomic E-state index is 0.222. The summed E-state index contributed by atoms with van der Waals surface area (Å²) in [4.78, 5) is 8.98. The van der Waals surface area contributed by atoms with Gasteiger partial charge in [0, 0.05) is 48.4 Å². The van der Waals surface area contributed by atoms with Gasteiger partial charge in [-0.15, -0.1) is 0 Å². The van der Waals surface area contributed by atoms with Crippen molar-refractivity contribution in [2.45, 2.75) is 19.7 Å². The van der Waals surface area contributed by atoms with Gasteiger partial charge in [0.2, 0.25) is 6.71 Å². The maximum atomic E-state index is 4.84. The Kier molecular flexibility index (Phi) is 3.03. The smallest absolute Gasteiger partial charge is 0.251 e. The molecule has 2 nitrogen and oxygen atoms in total. The molecule has 0 radical (unpaired) electrons. The fraction of sp³-hybridized carbons (Fsp3) is 0. The maximum absolute atomic E-state index is 4.84. The van der Waals surface area contributed by atoms with Gasteiger partial charge in [0.15, 0.2) is 0 Å². The van der Waals surface area contributed by atoms with Crippen LogP contribution in [0.4, 0.5) is 0 Å². The lowest BCUT2D eigenvalue weighted by molar-refractivity contribution is 1.13. The molecular weight excluding hydrogens is 462 g/mol. The third-order valence-electron chi connectivity index (χ3n) is 8.37. The summed E-state index contributed by atoms with van der Waals surface area (Å²) >= 11 is 3.79. The Bertz CT molecular complexity index is 1860. The van der Waals surface area contributed by atoms with Crippen molar-refractivity contribution in [3.05, 3.63) is 85.1 Å². The summed E-state index contributed by atoms with van der Waals surface area (Å²) in [7, 11) is 0. The van der Waals surface area contributed by atoms with Crippen molar-refractivity contribution in [2.24, 2.45) is 0 Å². The van der Waals surface area contributed by atoms with E-state index in [1.54, 1.807) is 0 Å². The fourth-order valence-corrected chi connectivity index (χ4v) is 9.57. The molecule has 0 bridgehead atoms. The molecule has 0 unspecified atom stereocenters. The molecule has 0 saturated heterocycles. The number of para-hydroxylation sites is 2. The Morgan fingerprint density at radius 3 is 2.06 bits per heavy atom. The van der Waals surface area contributed by atoms with Crippen LogP contribution in [0.2, 0.25) is 0 Å². The van der Waals surface area contributed by atoms with Crippen LogP contribution in [0, 0.1) is 0 Å². The number of aromatic nitrogens is 2. The summed E-state index contributed by atoms with van der Waals surface area (Å²) in [6.07, 6.45) is 1.94. The van der Waals surface area contributed by atoms with Crippen molar-refractivity contribution in [3.63, 3.8) is 0 Å². The van der Waals surface area contributed by atoms with Crippen molar-refractivity contribution in [2.75, 3.05) is 0 Å². The Balaban J connectivity index is 1.51. The zero-order chi connectivity index (χ0) is 22.4. The van der Waals surface area contributed by atoms with Gasteiger partial charge in [0.25, 0.3) is 6.71 Å². The molecule has 0 atom stereocenters. The summed E-state index contributed by atoms with van der Waals surface area (Å²) in [5.41, 5.74) is 12.8. The van der Waals surface area contributed by atoms with E-state index in [2.05, 4.69) is 83.4 Å². The molecule has 2 aromatic heterocycles. The average molecular weight is 476 g/mol. The standard InChI is InChI=1S/C29H14B2N2S2/c1-2-12-21-17(8-1)30-18-9-3-6-15-16-7-4-10-19-27(16)33(26(15)18)28-24(30)22(34-21)14-23-25(28)31(19)20-11-5-13-32-29(20)35-23/h1-14H. The highest BCUT2D eigenvalue weighted by molar-refractivity contribution is 8.01. The number of fused-ring (bicyclic) bond motifs is 7. The third kappa shape index (κ3) is 1.92. The van der Waals surface area contributed by atoms with Crippen LogP contribution in [0.25, 0.3) is 27.5 Å². The number of benzene rings is 4. The lowest BCUT2D eigenvalue weighted by atomic mass is 9.31. The Morgan fingerprint density at radius 1 is 0.600 bits per heavy atom. The number of hydrogen-bond donors (Lipinski definition) is 0. The van der Waals surface area contributed by atoms with Gasteiger partial charge < -0.3 is 4.57 Å². The highest BCUT2D eigenvalue weighted by atomic mass is 32.2. The molecule has 4 aromatic carbocycles. The van der Waals surface area contributed by atoms with E-state index in [1.807, 2.05) is 29.7 Å². The van der Waals surface area contributed by atoms with E-state index < -0.39 is 0 Å². The summed E-state index contributed by atoms with van der Waals surface area (Å²) in [6.45, 7) is 0.492. The van der Waals surface area contributed by atoms with E-state index in [1.165, 1.54) is 75.0 Å². The molecule has 0 saturated carbocycles. The number of pyridine rings is 1. The predicted molar refractivity (Wildman–Crippen MR) is 149 cm³/mol. The van der Waals surface area contributed by atoms with Crippen molar-refractivity contribution in [3.8, 4) is 5.69 Å². The van der Waals surface area contributed by atoms with Gasteiger partial charge in [-0.2, -0.15) is 0 Å². The first-order valence-electron chi connectivity index (χ1n) is 12.0. The molecule has 6 aromatic rings. The summed E-state index contributed by atoms with van der Waals surface area (Å²) < 4.78 is 2.64. The Morgan fingerprint density at radius 2 is 1.26 bits per heavy atom. The molecule has 10 rings (SSSR count). The summed E-state index contributed by atoms with van der Waals surface area (Å²) in [5, 5.41) is 3.89. The Hall–Kier alpha value is -3.34. The monoisotopic (exact) mass is 476 g/mol. The van der Waals surface area contributed by atoms with E-state index in [-0.39, 0.29) is 13.4 Å². The minimum absolute atomic E-state index is 0.222. The van der Waals surface area contributed by atoms with E-state index in [9.17, 15) is 0 Å². The molecule has 0 N–H and O–H groups in total. The molecule has 0 spiro atoms. The van der Waals surface area contributed by atoms with E-state index in [0.717, 1.165) is 5.03 Å². The van der Waals surface area contributed by atoms with Crippen LogP contribution >= 0.6 is 23.5 Å². The molecule has 158 valence electrons. The number of nitrogens with zero attached hydrogens (tertiary/aromatic N) is 2. The molecule has 35 heavy (non-hydrogen) atoms. The van der Waals surface area contributed by atoms with Gasteiger partial charge in [0.1, 0.15) is 0 Å². The van der Waals surface area contributed by atoms with E-state index in [0.29, 0.717) is 0 Å². The fourth-order valence-electron chi connectivity index (χ4n) is 7.18. The van der Waals surface area contributed by atoms with Crippen LogP contribution in [-0.2, 0) is 0 Å². The van der Waals surface area contributed by atoms with Gasteiger partial charge in [-0.05, 0) is 45.5 Å². The van der Waals surface area contributed by atoms with Gasteiger partial charge in [-0.25, -0.2) is 0 Å². The highest BCUT2D eigenvalue weighted by Crippen LogP contribution is 2.43. The maximum Gasteiger partial charge on any atom is 0.251 e. The first kappa shape index (κ1) is 18.0. The van der Waals surface area contributed by atoms with Crippen molar-refractivity contribution >= 4 is 91.5 Å². The molecule has 4 aliphatic rings. The molecule has 4 aliphatic heterocycles. The first-order valence-corrected chi connectivity index (χ1v) is 13.7. The third-order valence-corrected chi connectivity index (χ3v) is 10.6. The normalized spacial score (nSPS) is 15.1. The SMILES string of the molecule is c1ccc2c(c1)Sc1cc3c4c5c1B2c1cccc2c6cccc(c6n-5c12)B4c1cccnc1S3. The van der Waals surface area contributed by atoms with Gasteiger partial charge >= 0.3 is 0 Å². The lowest BCUT2D eigenvalue weighted by Crippen LogP contribution is -2.65. The van der Waals surface area contributed by atoms with Crippen LogP contribution < -0.4 is 32.8 Å². The van der Waals surface area contributed by atoms with Crippen molar-refractivity contribution in [1.82, 2.24) is 9.55 Å². The lowest BCUT2D eigenvalue weighted by Gasteiger charge is -2.40. The number of rotatable bonds is 0. The second kappa shape index (κ2) is 5.89. The van der Waals surface area contributed by atoms with Gasteiger partial charge in [-0.1, -0.05) is 89.7 Å².